The Morgan fingerprint density at radius 2 is 1.80 bits per heavy atom. The smallest absolute Gasteiger partial charge is 0.203 e. The highest BCUT2D eigenvalue weighted by Crippen LogP contribution is 2.39. The van der Waals surface area contributed by atoms with Crippen LogP contribution in [0.3, 0.4) is 0 Å². The van der Waals surface area contributed by atoms with E-state index in [0.29, 0.717) is 23.8 Å². The molecule has 2 N–H and O–H groups in total. The second kappa shape index (κ2) is 14.3. The van der Waals surface area contributed by atoms with Crippen LogP contribution >= 0.6 is 35.3 Å². The van der Waals surface area contributed by atoms with Crippen molar-refractivity contribution in [3.05, 3.63) is 33.8 Å². The summed E-state index contributed by atoms with van der Waals surface area (Å²) in [6, 6.07) is 3.90. The molecule has 0 aliphatic carbocycles. The summed E-state index contributed by atoms with van der Waals surface area (Å²) in [6.07, 6.45) is 4.61. The van der Waals surface area contributed by atoms with E-state index in [9.17, 15) is 0 Å². The minimum atomic E-state index is 0. The number of nitrogens with one attached hydrogen (secondary N) is 2. The Balaban J connectivity index is 0.00000450. The van der Waals surface area contributed by atoms with Crippen LogP contribution in [-0.4, -0.2) is 51.9 Å². The molecule has 0 spiro atoms. The number of benzene rings is 1. The second-order valence-corrected chi connectivity index (χ2v) is 7.45. The molecule has 7 nitrogen and oxygen atoms in total. The lowest BCUT2D eigenvalue weighted by Gasteiger charge is -2.16. The summed E-state index contributed by atoms with van der Waals surface area (Å²) in [7, 11) is 4.87. The lowest BCUT2D eigenvalue weighted by atomic mass is 10.1. The van der Waals surface area contributed by atoms with Gasteiger partial charge in [0.15, 0.2) is 17.5 Å². The number of methoxy groups -OCH3 is 3. The lowest BCUT2D eigenvalue weighted by molar-refractivity contribution is 0.322. The molecule has 0 amide bonds. The zero-order chi connectivity index (χ0) is 21.1. The molecule has 0 unspecified atom stereocenters. The number of aryl methyl sites for hydroxylation is 1. The van der Waals surface area contributed by atoms with Crippen molar-refractivity contribution in [2.75, 3.05) is 41.0 Å². The van der Waals surface area contributed by atoms with Crippen molar-refractivity contribution in [1.82, 2.24) is 15.6 Å². The van der Waals surface area contributed by atoms with E-state index in [0.717, 1.165) is 48.9 Å². The van der Waals surface area contributed by atoms with Crippen LogP contribution in [0.15, 0.2) is 23.3 Å². The first-order valence-electron chi connectivity index (χ1n) is 9.90. The summed E-state index contributed by atoms with van der Waals surface area (Å²) in [5.41, 5.74) is 1.04. The van der Waals surface area contributed by atoms with Crippen LogP contribution in [0.2, 0.25) is 0 Å². The minimum Gasteiger partial charge on any atom is -0.493 e. The van der Waals surface area contributed by atoms with E-state index in [1.165, 1.54) is 4.88 Å². The third-order valence-corrected chi connectivity index (χ3v) is 5.56. The SMILES string of the molecule is CCNC(=NCCc1ncc(CC)s1)NCCc1ccc(OC)c(OC)c1OC.I. The summed E-state index contributed by atoms with van der Waals surface area (Å²) >= 11 is 1.77. The van der Waals surface area contributed by atoms with E-state index in [4.69, 9.17) is 14.2 Å². The maximum absolute atomic E-state index is 5.56. The molecule has 9 heteroatoms. The number of thiazole rings is 1. The first kappa shape index (κ1) is 26.3. The van der Waals surface area contributed by atoms with E-state index < -0.39 is 0 Å². The lowest BCUT2D eigenvalue weighted by Crippen LogP contribution is -2.38. The molecule has 0 aliphatic heterocycles. The van der Waals surface area contributed by atoms with Crippen LogP contribution < -0.4 is 24.8 Å². The summed E-state index contributed by atoms with van der Waals surface area (Å²) < 4.78 is 16.4. The van der Waals surface area contributed by atoms with Gasteiger partial charge in [-0.25, -0.2) is 4.98 Å². The number of hydrogen-bond donors (Lipinski definition) is 2. The van der Waals surface area contributed by atoms with Gasteiger partial charge in [0.05, 0.1) is 26.3 Å². The predicted molar refractivity (Wildman–Crippen MR) is 134 cm³/mol. The Labute approximate surface area is 200 Å². The van der Waals surface area contributed by atoms with Gasteiger partial charge in [-0.2, -0.15) is 0 Å². The van der Waals surface area contributed by atoms with Gasteiger partial charge in [0.1, 0.15) is 0 Å². The first-order chi connectivity index (χ1) is 14.2. The van der Waals surface area contributed by atoms with Crippen molar-refractivity contribution < 1.29 is 14.2 Å². The first-order valence-corrected chi connectivity index (χ1v) is 10.7. The van der Waals surface area contributed by atoms with Crippen molar-refractivity contribution in [2.45, 2.75) is 33.1 Å². The largest absolute Gasteiger partial charge is 0.493 e. The van der Waals surface area contributed by atoms with Crippen LogP contribution in [0.25, 0.3) is 0 Å². The molecule has 0 aliphatic rings. The quantitative estimate of drug-likeness (QED) is 0.254. The Morgan fingerprint density at radius 3 is 2.40 bits per heavy atom. The molecule has 0 radical (unpaired) electrons. The highest BCUT2D eigenvalue weighted by Gasteiger charge is 2.15. The van der Waals surface area contributed by atoms with Gasteiger partial charge in [-0.3, -0.25) is 4.99 Å². The topological polar surface area (TPSA) is 77.0 Å². The Kier molecular flexibility index (Phi) is 12.5. The van der Waals surface area contributed by atoms with Crippen molar-refractivity contribution in [2.24, 2.45) is 4.99 Å². The third-order valence-electron chi connectivity index (χ3n) is 4.36. The number of aromatic nitrogens is 1. The maximum Gasteiger partial charge on any atom is 0.203 e. The Hall–Kier alpha value is -1.75. The van der Waals surface area contributed by atoms with Crippen LogP contribution in [0.4, 0.5) is 0 Å². The third kappa shape index (κ3) is 7.50. The van der Waals surface area contributed by atoms with Gasteiger partial charge >= 0.3 is 0 Å². The molecular formula is C21H33IN4O3S. The van der Waals surface area contributed by atoms with Gasteiger partial charge < -0.3 is 24.8 Å². The molecule has 1 aromatic heterocycles. The molecule has 0 atom stereocenters. The van der Waals surface area contributed by atoms with Gasteiger partial charge in [-0.05, 0) is 25.8 Å². The fourth-order valence-corrected chi connectivity index (χ4v) is 3.76. The molecule has 2 aromatic rings. The Morgan fingerprint density at radius 1 is 1.03 bits per heavy atom. The van der Waals surface area contributed by atoms with Gasteiger partial charge in [0.2, 0.25) is 5.75 Å². The van der Waals surface area contributed by atoms with Crippen LogP contribution in [0.5, 0.6) is 17.2 Å². The Bertz CT molecular complexity index is 799. The highest BCUT2D eigenvalue weighted by molar-refractivity contribution is 14.0. The fourth-order valence-electron chi connectivity index (χ4n) is 2.91. The number of rotatable bonds is 11. The van der Waals surface area contributed by atoms with Crippen LogP contribution in [0.1, 0.15) is 29.3 Å². The number of hydrogen-bond acceptors (Lipinski definition) is 6. The molecule has 1 aromatic carbocycles. The predicted octanol–water partition coefficient (Wildman–Crippen LogP) is 3.69. The normalized spacial score (nSPS) is 10.9. The summed E-state index contributed by atoms with van der Waals surface area (Å²) in [5.74, 6) is 2.78. The monoisotopic (exact) mass is 548 g/mol. The molecule has 1 heterocycles. The molecular weight excluding hydrogens is 515 g/mol. The van der Waals surface area contributed by atoms with E-state index >= 15 is 0 Å². The van der Waals surface area contributed by atoms with Crippen molar-refractivity contribution in [1.29, 1.82) is 0 Å². The molecule has 0 saturated heterocycles. The number of halogens is 1. The zero-order valence-corrected chi connectivity index (χ0v) is 21.6. The maximum atomic E-state index is 5.56. The zero-order valence-electron chi connectivity index (χ0n) is 18.4. The van der Waals surface area contributed by atoms with E-state index in [1.807, 2.05) is 18.3 Å². The van der Waals surface area contributed by atoms with Crippen molar-refractivity contribution in [3.63, 3.8) is 0 Å². The average molecular weight is 548 g/mol. The van der Waals surface area contributed by atoms with Crippen LogP contribution in [0, 0.1) is 0 Å². The van der Waals surface area contributed by atoms with Gasteiger partial charge in [0, 0.05) is 42.7 Å². The standard InChI is InChI=1S/C21H32N4O3S.HI/c1-6-16-14-25-18(29-16)11-13-24-21(22-7-2)23-12-10-15-8-9-17(26-3)20(28-5)19(15)27-4;/h8-9,14H,6-7,10-13H2,1-5H3,(H2,22,23,24);1H. The van der Waals surface area contributed by atoms with E-state index in [1.54, 1.807) is 32.7 Å². The highest BCUT2D eigenvalue weighted by atomic mass is 127. The number of ether oxygens (including phenoxy) is 3. The van der Waals surface area contributed by atoms with Gasteiger partial charge in [0.25, 0.3) is 0 Å². The van der Waals surface area contributed by atoms with E-state index in [-0.39, 0.29) is 24.0 Å². The molecule has 0 fully saturated rings. The fraction of sp³-hybridized carbons (Fsp3) is 0.524. The van der Waals surface area contributed by atoms with Crippen molar-refractivity contribution >= 4 is 41.3 Å². The second-order valence-electron chi connectivity index (χ2n) is 6.25. The van der Waals surface area contributed by atoms with Gasteiger partial charge in [-0.15, -0.1) is 35.3 Å². The minimum absolute atomic E-state index is 0. The molecule has 30 heavy (non-hydrogen) atoms. The van der Waals surface area contributed by atoms with Gasteiger partial charge in [-0.1, -0.05) is 13.0 Å². The summed E-state index contributed by atoms with van der Waals surface area (Å²) in [4.78, 5) is 10.4. The average Bonchev–Trinajstić information content (AvgIpc) is 3.21. The molecule has 168 valence electrons. The summed E-state index contributed by atoms with van der Waals surface area (Å²) in [5, 5.41) is 7.81. The van der Waals surface area contributed by atoms with E-state index in [2.05, 4.69) is 34.5 Å². The molecule has 0 bridgehead atoms. The molecule has 0 saturated carbocycles. The van der Waals surface area contributed by atoms with Crippen molar-refractivity contribution in [3.8, 4) is 17.2 Å². The number of nitrogens with zero attached hydrogens (tertiary/aromatic N) is 2. The molecule has 2 rings (SSSR count). The summed E-state index contributed by atoms with van der Waals surface area (Å²) in [6.45, 7) is 6.43. The number of aliphatic imine (C=N–C) groups is 1. The number of guanidine groups is 1. The van der Waals surface area contributed by atoms with Crippen LogP contribution in [-0.2, 0) is 19.3 Å².